The fourth-order valence-corrected chi connectivity index (χ4v) is 4.10. The summed E-state index contributed by atoms with van der Waals surface area (Å²) in [4.78, 5) is 7.42. The highest BCUT2D eigenvalue weighted by Gasteiger charge is 2.43. The number of nitrogens with zero attached hydrogens (tertiary/aromatic N) is 3. The summed E-state index contributed by atoms with van der Waals surface area (Å²) in [6.45, 7) is 10.4. The molecule has 2 heterocycles. The molecule has 0 saturated carbocycles. The maximum Gasteiger partial charge on any atom is 0.127 e. The van der Waals surface area contributed by atoms with Crippen LogP contribution in [-0.2, 0) is 6.54 Å². The molecule has 0 bridgehead atoms. The minimum atomic E-state index is 0.183. The molecule has 1 aliphatic heterocycles. The third-order valence-corrected chi connectivity index (χ3v) is 5.26. The fraction of sp³-hybridized carbons (Fsp3) is 0.824. The van der Waals surface area contributed by atoms with Crippen LogP contribution < -0.4 is 5.32 Å². The Bertz CT molecular complexity index is 416. The molecular weight excluding hydrogens is 260 g/mol. The van der Waals surface area contributed by atoms with Crippen molar-refractivity contribution in [3.8, 4) is 0 Å². The predicted octanol–water partition coefficient (Wildman–Crippen LogP) is 3.21. The second-order valence-corrected chi connectivity index (χ2v) is 6.21. The Labute approximate surface area is 129 Å². The van der Waals surface area contributed by atoms with E-state index >= 15 is 0 Å². The molecule has 1 aliphatic rings. The zero-order valence-electron chi connectivity index (χ0n) is 14.2. The third kappa shape index (κ3) is 3.02. The lowest BCUT2D eigenvalue weighted by Gasteiger charge is -2.46. The number of hydrogen-bond acceptors (Lipinski definition) is 3. The van der Waals surface area contributed by atoms with E-state index < -0.39 is 0 Å². The summed E-state index contributed by atoms with van der Waals surface area (Å²) in [7, 11) is 2.09. The van der Waals surface area contributed by atoms with Crippen LogP contribution in [0.15, 0.2) is 12.4 Å². The van der Waals surface area contributed by atoms with Crippen LogP contribution in [0.5, 0.6) is 0 Å². The van der Waals surface area contributed by atoms with E-state index in [9.17, 15) is 0 Å². The summed E-state index contributed by atoms with van der Waals surface area (Å²) in [5.74, 6) is 1.20. The topological polar surface area (TPSA) is 33.1 Å². The Morgan fingerprint density at radius 1 is 1.24 bits per heavy atom. The van der Waals surface area contributed by atoms with Crippen molar-refractivity contribution in [1.29, 1.82) is 0 Å². The zero-order valence-corrected chi connectivity index (χ0v) is 14.2. The number of aryl methyl sites for hydroxylation is 1. The number of likely N-dealkylation sites (tertiary alicyclic amines) is 1. The van der Waals surface area contributed by atoms with Gasteiger partial charge in [0.1, 0.15) is 5.82 Å². The van der Waals surface area contributed by atoms with E-state index in [2.05, 4.69) is 48.8 Å². The molecule has 1 unspecified atom stereocenters. The molecule has 1 aromatic heterocycles. The molecule has 0 spiro atoms. The van der Waals surface area contributed by atoms with Gasteiger partial charge in [0, 0.05) is 24.5 Å². The third-order valence-electron chi connectivity index (χ3n) is 5.26. The Morgan fingerprint density at radius 2 is 1.90 bits per heavy atom. The van der Waals surface area contributed by atoms with E-state index in [4.69, 9.17) is 4.98 Å². The number of aromatic nitrogens is 2. The molecule has 0 amide bonds. The van der Waals surface area contributed by atoms with Crippen molar-refractivity contribution in [2.75, 3.05) is 20.1 Å². The van der Waals surface area contributed by atoms with Crippen LogP contribution in [0.25, 0.3) is 0 Å². The molecule has 1 saturated heterocycles. The minimum Gasteiger partial charge on any atom is -0.334 e. The highest BCUT2D eigenvalue weighted by Crippen LogP contribution is 2.38. The lowest BCUT2D eigenvalue weighted by atomic mass is 9.82. The summed E-state index contributed by atoms with van der Waals surface area (Å²) in [6, 6.07) is 0.298. The molecular formula is C17H32N4. The van der Waals surface area contributed by atoms with Gasteiger partial charge in [0.2, 0.25) is 0 Å². The highest BCUT2D eigenvalue weighted by molar-refractivity contribution is 5.11. The largest absolute Gasteiger partial charge is 0.334 e. The summed E-state index contributed by atoms with van der Waals surface area (Å²) in [5.41, 5.74) is 0.183. The first-order valence-corrected chi connectivity index (χ1v) is 8.66. The second-order valence-electron chi connectivity index (χ2n) is 6.21. The number of imidazole rings is 1. The first-order chi connectivity index (χ1) is 10.2. The molecule has 4 nitrogen and oxygen atoms in total. The lowest BCUT2D eigenvalue weighted by molar-refractivity contribution is 0.0599. The molecule has 2 rings (SSSR count). The van der Waals surface area contributed by atoms with Crippen LogP contribution >= 0.6 is 0 Å². The van der Waals surface area contributed by atoms with Gasteiger partial charge in [-0.25, -0.2) is 4.98 Å². The van der Waals surface area contributed by atoms with Crippen molar-refractivity contribution in [3.05, 3.63) is 18.2 Å². The van der Waals surface area contributed by atoms with Gasteiger partial charge in [-0.1, -0.05) is 20.8 Å². The van der Waals surface area contributed by atoms with Gasteiger partial charge in [-0.2, -0.15) is 0 Å². The summed E-state index contributed by atoms with van der Waals surface area (Å²) < 4.78 is 2.33. The van der Waals surface area contributed by atoms with Crippen LogP contribution in [0.2, 0.25) is 0 Å². The monoisotopic (exact) mass is 292 g/mol. The van der Waals surface area contributed by atoms with Gasteiger partial charge in [0.15, 0.2) is 0 Å². The Balaban J connectivity index is 2.37. The molecule has 21 heavy (non-hydrogen) atoms. The van der Waals surface area contributed by atoms with Crippen molar-refractivity contribution < 1.29 is 0 Å². The average Bonchev–Trinajstić information content (AvgIpc) is 3.17. The van der Waals surface area contributed by atoms with Crippen LogP contribution in [0.3, 0.4) is 0 Å². The predicted molar refractivity (Wildman–Crippen MR) is 88.4 cm³/mol. The molecule has 120 valence electrons. The SMILES string of the molecule is CCCn1ccnc1C(NC)C(CC)(CC)N1CCCC1. The zero-order chi connectivity index (χ0) is 15.3. The van der Waals surface area contributed by atoms with E-state index in [0.717, 1.165) is 25.8 Å². The van der Waals surface area contributed by atoms with Crippen molar-refractivity contribution >= 4 is 0 Å². The van der Waals surface area contributed by atoms with E-state index in [-0.39, 0.29) is 5.54 Å². The average molecular weight is 292 g/mol. The van der Waals surface area contributed by atoms with E-state index in [1.165, 1.54) is 31.8 Å². The van der Waals surface area contributed by atoms with Gasteiger partial charge >= 0.3 is 0 Å². The molecule has 0 radical (unpaired) electrons. The molecule has 1 fully saturated rings. The van der Waals surface area contributed by atoms with Gasteiger partial charge in [-0.3, -0.25) is 4.90 Å². The van der Waals surface area contributed by atoms with Crippen molar-refractivity contribution in [1.82, 2.24) is 19.8 Å². The molecule has 4 heteroatoms. The maximum atomic E-state index is 4.71. The van der Waals surface area contributed by atoms with Gasteiger partial charge in [-0.05, 0) is 52.2 Å². The summed E-state index contributed by atoms with van der Waals surface area (Å²) in [5, 5.41) is 3.60. The molecule has 0 aliphatic carbocycles. The smallest absolute Gasteiger partial charge is 0.127 e. The lowest BCUT2D eigenvalue weighted by Crippen LogP contribution is -2.55. The van der Waals surface area contributed by atoms with Gasteiger partial charge < -0.3 is 9.88 Å². The van der Waals surface area contributed by atoms with Gasteiger partial charge in [0.05, 0.1) is 6.04 Å². The van der Waals surface area contributed by atoms with Crippen molar-refractivity contribution in [3.63, 3.8) is 0 Å². The van der Waals surface area contributed by atoms with Crippen LogP contribution in [0.4, 0.5) is 0 Å². The van der Waals surface area contributed by atoms with E-state index in [0.29, 0.717) is 6.04 Å². The van der Waals surface area contributed by atoms with Gasteiger partial charge in [0.25, 0.3) is 0 Å². The molecule has 0 aromatic carbocycles. The molecule has 1 atom stereocenters. The normalized spacial score (nSPS) is 18.3. The van der Waals surface area contributed by atoms with Crippen molar-refractivity contribution in [2.45, 2.75) is 71.0 Å². The first kappa shape index (κ1) is 16.5. The Hall–Kier alpha value is -0.870. The summed E-state index contributed by atoms with van der Waals surface area (Å²) >= 11 is 0. The number of rotatable bonds is 8. The van der Waals surface area contributed by atoms with Crippen LogP contribution in [0.1, 0.15) is 64.7 Å². The maximum absolute atomic E-state index is 4.71. The minimum absolute atomic E-state index is 0.183. The molecule has 1 N–H and O–H groups in total. The molecule has 1 aromatic rings. The quantitative estimate of drug-likeness (QED) is 0.798. The van der Waals surface area contributed by atoms with Crippen molar-refractivity contribution in [2.24, 2.45) is 0 Å². The Morgan fingerprint density at radius 3 is 2.43 bits per heavy atom. The van der Waals surface area contributed by atoms with E-state index in [1.54, 1.807) is 0 Å². The number of hydrogen-bond donors (Lipinski definition) is 1. The van der Waals surface area contributed by atoms with E-state index in [1.807, 2.05) is 6.20 Å². The second kappa shape index (κ2) is 7.41. The standard InChI is InChI=1S/C17H32N4/c1-5-11-20-14-10-19-16(20)15(18-4)17(6-2,7-3)21-12-8-9-13-21/h10,14-15,18H,5-9,11-13H2,1-4H3. The fourth-order valence-electron chi connectivity index (χ4n) is 4.10. The van der Waals surface area contributed by atoms with Gasteiger partial charge in [-0.15, -0.1) is 0 Å². The van der Waals surface area contributed by atoms with Crippen LogP contribution in [-0.4, -0.2) is 40.1 Å². The van der Waals surface area contributed by atoms with Crippen LogP contribution in [0, 0.1) is 0 Å². The first-order valence-electron chi connectivity index (χ1n) is 8.66. The summed E-state index contributed by atoms with van der Waals surface area (Å²) in [6.07, 6.45) is 10.2. The number of likely N-dealkylation sites (N-methyl/N-ethyl adjacent to an activating group) is 1. The Kier molecular flexibility index (Phi) is 5.82. The number of nitrogens with one attached hydrogen (secondary N) is 1. The highest BCUT2D eigenvalue weighted by atomic mass is 15.3.